The Labute approximate surface area is 433 Å². The smallest absolute Gasteiger partial charge is 0.260 e. The molecular weight excluding hydrogens is 937 g/mol. The molecule has 4 heterocycles. The van der Waals surface area contributed by atoms with Gasteiger partial charge in [0.2, 0.25) is 11.8 Å². The molecule has 9 rings (SSSR count). The molecule has 0 fully saturated rings. The van der Waals surface area contributed by atoms with Gasteiger partial charge in [-0.05, 0) is 110 Å². The molecule has 4 aliphatic heterocycles. The molecule has 0 bridgehead atoms. The van der Waals surface area contributed by atoms with Crippen molar-refractivity contribution in [2.75, 3.05) is 59.2 Å². The minimum absolute atomic E-state index is 0.000477. The molecule has 2 N–H and O–H groups in total. The second kappa shape index (κ2) is 21.8. The lowest BCUT2D eigenvalue weighted by atomic mass is 9.99. The maximum Gasteiger partial charge on any atom is 0.260 e. The fourth-order valence-corrected chi connectivity index (χ4v) is 10.8. The van der Waals surface area contributed by atoms with Gasteiger partial charge in [-0.15, -0.1) is 0 Å². The van der Waals surface area contributed by atoms with Gasteiger partial charge in [0.05, 0.1) is 47.7 Å². The minimum Gasteiger partial charge on any atom is -0.493 e. The number of aryl methyl sites for hydroxylation is 1. The minimum atomic E-state index is -0.792. The molecule has 386 valence electrons. The number of hydrogen-bond donors (Lipinski definition) is 2. The third-order valence-electron chi connectivity index (χ3n) is 14.8. The number of nitrogens with one attached hydrogen (secondary N) is 2. The quantitative estimate of drug-likeness (QED) is 0.0760. The number of benzene rings is 5. The Hall–Kier alpha value is -7.68. The van der Waals surface area contributed by atoms with Crippen molar-refractivity contribution < 1.29 is 43.0 Å². The first kappa shape index (κ1) is 51.2. The number of carbonyl (C=O) groups is 6. The van der Waals surface area contributed by atoms with Crippen molar-refractivity contribution in [2.24, 2.45) is 5.92 Å². The van der Waals surface area contributed by atoms with Crippen LogP contribution in [0.2, 0.25) is 0 Å². The number of nitrogens with zero attached hydrogens (tertiary/aromatic N) is 4. The maximum absolute atomic E-state index is 14.3. The average Bonchev–Trinajstić information content (AvgIpc) is 3.90. The number of amides is 4. The number of carbonyl (C=O) groups excluding carboxylic acids is 6. The van der Waals surface area contributed by atoms with Crippen LogP contribution in [0.3, 0.4) is 0 Å². The van der Waals surface area contributed by atoms with Crippen LogP contribution < -0.4 is 44.4 Å². The van der Waals surface area contributed by atoms with Gasteiger partial charge in [-0.2, -0.15) is 0 Å². The molecule has 4 amide bonds. The number of likely N-dealkylation sites (N-methyl/N-ethyl adjacent to an activating group) is 2. The fraction of sp³-hybridized carbons (Fsp3) is 0.390. The molecule has 15 nitrogen and oxygen atoms in total. The monoisotopic (exact) mass is 1000 g/mol. The van der Waals surface area contributed by atoms with Gasteiger partial charge < -0.3 is 44.4 Å². The molecule has 0 radical (unpaired) electrons. The van der Waals surface area contributed by atoms with Crippen molar-refractivity contribution in [1.82, 2.24) is 5.32 Å². The molecule has 15 heteroatoms. The van der Waals surface area contributed by atoms with Crippen LogP contribution in [0.1, 0.15) is 108 Å². The van der Waals surface area contributed by atoms with Crippen LogP contribution in [0.15, 0.2) is 91.0 Å². The Morgan fingerprint density at radius 2 is 1.22 bits per heavy atom. The van der Waals surface area contributed by atoms with E-state index >= 15 is 0 Å². The zero-order valence-corrected chi connectivity index (χ0v) is 43.4. The molecule has 0 unspecified atom stereocenters. The number of unbranched alkanes of at least 4 members (excludes halogenated alkanes) is 1. The number of para-hydroxylation sites is 2. The number of Topliss-reactive ketones (excluding diaryl/α,β-unsaturated/α-hetero) is 2. The van der Waals surface area contributed by atoms with Crippen molar-refractivity contribution in [3.05, 3.63) is 130 Å². The second-order valence-corrected chi connectivity index (χ2v) is 20.3. The van der Waals surface area contributed by atoms with Gasteiger partial charge in [-0.1, -0.05) is 50.2 Å². The van der Waals surface area contributed by atoms with E-state index in [9.17, 15) is 28.8 Å². The lowest BCUT2D eigenvalue weighted by molar-refractivity contribution is -0.129. The van der Waals surface area contributed by atoms with Crippen LogP contribution in [-0.2, 0) is 45.2 Å². The van der Waals surface area contributed by atoms with Gasteiger partial charge in [0, 0.05) is 88.0 Å². The van der Waals surface area contributed by atoms with Gasteiger partial charge in [0.1, 0.15) is 24.7 Å². The number of rotatable bonds is 19. The number of methoxy groups -OCH3 is 1. The summed E-state index contributed by atoms with van der Waals surface area (Å²) in [5.74, 6) is -0.228. The largest absolute Gasteiger partial charge is 0.493 e. The van der Waals surface area contributed by atoms with Crippen LogP contribution in [0, 0.1) is 12.8 Å². The van der Waals surface area contributed by atoms with E-state index in [0.29, 0.717) is 78.4 Å². The molecule has 5 aromatic rings. The normalized spacial score (nSPS) is 17.1. The molecule has 4 atom stereocenters. The summed E-state index contributed by atoms with van der Waals surface area (Å²) in [7, 11) is 5.52. The first-order chi connectivity index (χ1) is 35.6. The summed E-state index contributed by atoms with van der Waals surface area (Å²) in [6.45, 7) is 8.45. The SMILES string of the molecule is CCC(=O)CCCCC(=O)N[C@@H](C)C(=O)C[C@H](C)C(=O)Nc1cc(COc2cc3c(cc2C)C(=O)N2c4ccccc4C[C@H]2CN3C)cc(COc2cc3c(cc2OC)C(=O)N2c4ccccc4C[C@H]2CN3C)c1. The summed E-state index contributed by atoms with van der Waals surface area (Å²) >= 11 is 0. The highest BCUT2D eigenvalue weighted by atomic mass is 16.5. The van der Waals surface area contributed by atoms with Crippen molar-refractivity contribution >= 4 is 63.6 Å². The van der Waals surface area contributed by atoms with Crippen LogP contribution >= 0.6 is 0 Å². The fourth-order valence-electron chi connectivity index (χ4n) is 10.8. The summed E-state index contributed by atoms with van der Waals surface area (Å²) < 4.78 is 19.0. The molecule has 0 spiro atoms. The van der Waals surface area contributed by atoms with E-state index in [4.69, 9.17) is 14.2 Å². The van der Waals surface area contributed by atoms with Crippen molar-refractivity contribution in [3.63, 3.8) is 0 Å². The highest BCUT2D eigenvalue weighted by molar-refractivity contribution is 6.13. The van der Waals surface area contributed by atoms with E-state index in [0.717, 1.165) is 52.3 Å². The van der Waals surface area contributed by atoms with E-state index < -0.39 is 12.0 Å². The van der Waals surface area contributed by atoms with Gasteiger partial charge >= 0.3 is 0 Å². The summed E-state index contributed by atoms with van der Waals surface area (Å²) in [6, 6.07) is 28.3. The molecule has 4 aliphatic rings. The molecular formula is C59H66N6O9. The number of ether oxygens (including phenoxy) is 3. The standard InChI is InChI=1S/C59H66N6O9/c1-8-45(66)17-11-14-20-56(68)60-37(4)52(67)22-36(3)57(69)61-42-24-38(33-73-53-29-50-46(21-35(53)2)58(70)64-43(31-62(50)5)26-40-15-9-12-18-48(40)64)23-39(25-42)34-74-55-30-51-47(28-54(55)72-7)59(71)65-44(32-63(51)6)27-41-16-10-13-19-49(41)65/h9-10,12-13,15-16,18-19,21,23-25,28-30,36-37,43-44H,8,11,14,17,20,22,26-27,31-34H2,1-7H3,(H,60,68)(H,61,69)/t36-,37-,43-,44-/m0/s1. The predicted molar refractivity (Wildman–Crippen MR) is 286 cm³/mol. The van der Waals surface area contributed by atoms with E-state index in [2.05, 4.69) is 32.6 Å². The molecule has 0 aliphatic carbocycles. The van der Waals surface area contributed by atoms with Crippen LogP contribution in [-0.4, -0.2) is 87.6 Å². The summed E-state index contributed by atoms with van der Waals surface area (Å²) in [5.41, 5.74) is 9.47. The van der Waals surface area contributed by atoms with E-state index in [-0.39, 0.29) is 73.3 Å². The van der Waals surface area contributed by atoms with E-state index in [1.165, 1.54) is 5.56 Å². The average molecular weight is 1000 g/mol. The predicted octanol–water partition coefficient (Wildman–Crippen LogP) is 8.78. The van der Waals surface area contributed by atoms with Crippen LogP contribution in [0.25, 0.3) is 0 Å². The summed E-state index contributed by atoms with van der Waals surface area (Å²) in [6.07, 6.45) is 3.70. The lowest BCUT2D eigenvalue weighted by Crippen LogP contribution is -2.41. The Balaban J connectivity index is 0.937. The Morgan fingerprint density at radius 3 is 1.80 bits per heavy atom. The van der Waals surface area contributed by atoms with Crippen molar-refractivity contribution in [3.8, 4) is 17.2 Å². The van der Waals surface area contributed by atoms with E-state index in [1.54, 1.807) is 27.0 Å². The highest BCUT2D eigenvalue weighted by Gasteiger charge is 2.41. The zero-order valence-electron chi connectivity index (χ0n) is 43.4. The Kier molecular flexibility index (Phi) is 15.1. The number of ketones is 2. The summed E-state index contributed by atoms with van der Waals surface area (Å²) in [5, 5.41) is 5.76. The first-order valence-electron chi connectivity index (χ1n) is 25.8. The third kappa shape index (κ3) is 10.7. The van der Waals surface area contributed by atoms with Gasteiger partial charge in [0.25, 0.3) is 11.8 Å². The van der Waals surface area contributed by atoms with Gasteiger partial charge in [-0.25, -0.2) is 0 Å². The number of anilines is 5. The topological polar surface area (TPSA) is 167 Å². The number of fused-ring (bicyclic) bond motifs is 8. The molecule has 0 saturated heterocycles. The molecule has 5 aromatic carbocycles. The van der Waals surface area contributed by atoms with Crippen LogP contribution in [0.4, 0.5) is 28.4 Å². The van der Waals surface area contributed by atoms with Gasteiger partial charge in [-0.3, -0.25) is 28.8 Å². The van der Waals surface area contributed by atoms with E-state index in [1.807, 2.05) is 111 Å². The summed E-state index contributed by atoms with van der Waals surface area (Å²) in [4.78, 5) is 87.9. The highest BCUT2D eigenvalue weighted by Crippen LogP contribution is 2.43. The molecule has 74 heavy (non-hydrogen) atoms. The van der Waals surface area contributed by atoms with Gasteiger partial charge in [0.15, 0.2) is 17.3 Å². The first-order valence-corrected chi connectivity index (χ1v) is 25.8. The van der Waals surface area contributed by atoms with Crippen molar-refractivity contribution in [1.29, 1.82) is 0 Å². The molecule has 0 aromatic heterocycles. The second-order valence-electron chi connectivity index (χ2n) is 20.3. The number of hydrogen-bond acceptors (Lipinski definition) is 11. The molecule has 0 saturated carbocycles. The third-order valence-corrected chi connectivity index (χ3v) is 14.8. The zero-order chi connectivity index (χ0) is 52.4. The maximum atomic E-state index is 14.3. The Morgan fingerprint density at radius 1 is 0.676 bits per heavy atom. The van der Waals surface area contributed by atoms with Crippen molar-refractivity contribution in [2.45, 2.75) is 110 Å². The lowest BCUT2D eigenvalue weighted by Gasteiger charge is -2.25. The Bertz CT molecular complexity index is 3030. The van der Waals surface area contributed by atoms with Crippen LogP contribution in [0.5, 0.6) is 17.2 Å².